The highest BCUT2D eigenvalue weighted by Crippen LogP contribution is 2.16. The van der Waals surface area contributed by atoms with Crippen molar-refractivity contribution in [2.45, 2.75) is 13.8 Å². The summed E-state index contributed by atoms with van der Waals surface area (Å²) >= 11 is 0. The van der Waals surface area contributed by atoms with E-state index in [2.05, 4.69) is 25.4 Å². The first-order chi connectivity index (χ1) is 11.6. The predicted octanol–water partition coefficient (Wildman–Crippen LogP) is 2.16. The first-order valence-corrected chi connectivity index (χ1v) is 7.90. The summed E-state index contributed by atoms with van der Waals surface area (Å²) < 4.78 is 5.37. The van der Waals surface area contributed by atoms with E-state index in [9.17, 15) is 5.11 Å². The molecule has 1 aliphatic heterocycles. The van der Waals surface area contributed by atoms with Gasteiger partial charge in [0.25, 0.3) is 0 Å². The van der Waals surface area contributed by atoms with Crippen LogP contribution in [0.25, 0.3) is 0 Å². The van der Waals surface area contributed by atoms with Crippen molar-refractivity contribution in [1.82, 2.24) is 9.97 Å². The Balaban J connectivity index is 1.75. The average molecular weight is 327 g/mol. The highest BCUT2D eigenvalue weighted by molar-refractivity contribution is 5.99. The van der Waals surface area contributed by atoms with E-state index in [-0.39, 0.29) is 5.75 Å². The van der Waals surface area contributed by atoms with Gasteiger partial charge in [0.1, 0.15) is 5.75 Å². The number of ether oxygens (including phenoxy) is 1. The zero-order valence-electron chi connectivity index (χ0n) is 13.9. The number of hydrogen-bond donors (Lipinski definition) is 2. The monoisotopic (exact) mass is 327 g/mol. The molecule has 24 heavy (non-hydrogen) atoms. The molecule has 1 fully saturated rings. The second-order valence-corrected chi connectivity index (χ2v) is 5.65. The number of aromatic hydroxyl groups is 1. The zero-order valence-corrected chi connectivity index (χ0v) is 13.9. The quantitative estimate of drug-likeness (QED) is 0.661. The van der Waals surface area contributed by atoms with Crippen LogP contribution in [0.5, 0.6) is 5.75 Å². The Morgan fingerprint density at radius 3 is 2.62 bits per heavy atom. The van der Waals surface area contributed by atoms with Gasteiger partial charge in [-0.25, -0.2) is 4.98 Å². The van der Waals surface area contributed by atoms with E-state index in [1.165, 1.54) is 0 Å². The van der Waals surface area contributed by atoms with Gasteiger partial charge in [-0.05, 0) is 43.7 Å². The van der Waals surface area contributed by atoms with Crippen LogP contribution in [0.3, 0.4) is 0 Å². The van der Waals surface area contributed by atoms with Gasteiger partial charge in [-0.15, -0.1) is 0 Å². The van der Waals surface area contributed by atoms with E-state index in [1.54, 1.807) is 12.1 Å². The van der Waals surface area contributed by atoms with Crippen molar-refractivity contribution in [2.75, 3.05) is 36.6 Å². The number of benzene rings is 1. The Kier molecular flexibility index (Phi) is 4.90. The first-order valence-electron chi connectivity index (χ1n) is 7.90. The van der Waals surface area contributed by atoms with Gasteiger partial charge in [0.2, 0.25) is 5.95 Å². The molecule has 2 N–H and O–H groups in total. The summed E-state index contributed by atoms with van der Waals surface area (Å²) in [4.78, 5) is 11.1. The third kappa shape index (κ3) is 3.99. The molecular formula is C17H21N5O2. The third-order valence-electron chi connectivity index (χ3n) is 3.76. The number of phenolic OH excluding ortho intramolecular Hbond substituents is 1. The number of aryl methyl sites for hydroxylation is 1. The highest BCUT2D eigenvalue weighted by Gasteiger charge is 2.14. The second-order valence-electron chi connectivity index (χ2n) is 5.65. The number of rotatable bonds is 4. The molecule has 126 valence electrons. The SMILES string of the molecule is CC(=NNc1cc(C)nc(N2CCOCC2)n1)c1ccc(O)cc1. The predicted molar refractivity (Wildman–Crippen MR) is 93.7 cm³/mol. The van der Waals surface area contributed by atoms with Crippen molar-refractivity contribution in [3.63, 3.8) is 0 Å². The third-order valence-corrected chi connectivity index (χ3v) is 3.76. The molecule has 7 heteroatoms. The molecule has 1 aromatic heterocycles. The molecule has 3 rings (SSSR count). The molecule has 2 heterocycles. The largest absolute Gasteiger partial charge is 0.508 e. The van der Waals surface area contributed by atoms with Crippen LogP contribution in [0.2, 0.25) is 0 Å². The summed E-state index contributed by atoms with van der Waals surface area (Å²) in [7, 11) is 0. The maximum absolute atomic E-state index is 9.35. The van der Waals surface area contributed by atoms with Crippen molar-refractivity contribution in [3.8, 4) is 5.75 Å². The molecule has 0 saturated carbocycles. The molecule has 0 aliphatic carbocycles. The minimum absolute atomic E-state index is 0.237. The normalized spacial score (nSPS) is 15.4. The summed E-state index contributed by atoms with van der Waals surface area (Å²) in [5, 5.41) is 13.7. The first kappa shape index (κ1) is 16.2. The number of nitrogens with zero attached hydrogens (tertiary/aromatic N) is 4. The number of hydrazone groups is 1. The lowest BCUT2D eigenvalue weighted by Gasteiger charge is -2.27. The molecule has 1 aromatic carbocycles. The minimum atomic E-state index is 0.237. The van der Waals surface area contributed by atoms with E-state index in [1.807, 2.05) is 32.0 Å². The van der Waals surface area contributed by atoms with E-state index in [0.717, 1.165) is 30.1 Å². The van der Waals surface area contributed by atoms with Gasteiger partial charge in [0.15, 0.2) is 5.82 Å². The molecule has 7 nitrogen and oxygen atoms in total. The molecule has 1 aliphatic rings. The summed E-state index contributed by atoms with van der Waals surface area (Å²) in [6.07, 6.45) is 0. The number of morpholine rings is 1. The minimum Gasteiger partial charge on any atom is -0.508 e. The fraction of sp³-hybridized carbons (Fsp3) is 0.353. The van der Waals surface area contributed by atoms with Crippen molar-refractivity contribution in [3.05, 3.63) is 41.6 Å². The van der Waals surface area contributed by atoms with Crippen LogP contribution in [0.4, 0.5) is 11.8 Å². The molecule has 0 amide bonds. The molecule has 1 saturated heterocycles. The fourth-order valence-electron chi connectivity index (χ4n) is 2.42. The Morgan fingerprint density at radius 2 is 1.92 bits per heavy atom. The highest BCUT2D eigenvalue weighted by atomic mass is 16.5. The Morgan fingerprint density at radius 1 is 1.21 bits per heavy atom. The molecule has 0 atom stereocenters. The van der Waals surface area contributed by atoms with Gasteiger partial charge in [-0.2, -0.15) is 10.1 Å². The van der Waals surface area contributed by atoms with Gasteiger partial charge in [0.05, 0.1) is 18.9 Å². The smallest absolute Gasteiger partial charge is 0.227 e. The van der Waals surface area contributed by atoms with Crippen LogP contribution in [0.1, 0.15) is 18.2 Å². The van der Waals surface area contributed by atoms with Gasteiger partial charge in [-0.3, -0.25) is 5.43 Å². The lowest BCUT2D eigenvalue weighted by molar-refractivity contribution is 0.122. The van der Waals surface area contributed by atoms with E-state index >= 15 is 0 Å². The summed E-state index contributed by atoms with van der Waals surface area (Å²) in [6.45, 7) is 6.80. The zero-order chi connectivity index (χ0) is 16.9. The van der Waals surface area contributed by atoms with E-state index < -0.39 is 0 Å². The van der Waals surface area contributed by atoms with Crippen LogP contribution in [0, 0.1) is 6.92 Å². The molecule has 0 unspecified atom stereocenters. The van der Waals surface area contributed by atoms with Crippen molar-refractivity contribution >= 4 is 17.5 Å². The van der Waals surface area contributed by atoms with Crippen LogP contribution >= 0.6 is 0 Å². The Bertz CT molecular complexity index is 724. The van der Waals surface area contributed by atoms with Crippen LogP contribution in [-0.2, 0) is 4.74 Å². The standard InChI is InChI=1S/C17H21N5O2/c1-12-11-16(19-17(18-12)22-7-9-24-10-8-22)21-20-13(2)14-3-5-15(23)6-4-14/h3-6,11,23H,7-10H2,1-2H3,(H,18,19,21). The number of phenols is 1. The van der Waals surface area contributed by atoms with Crippen LogP contribution < -0.4 is 10.3 Å². The van der Waals surface area contributed by atoms with Gasteiger partial charge < -0.3 is 14.7 Å². The molecular weight excluding hydrogens is 306 g/mol. The molecule has 0 bridgehead atoms. The topological polar surface area (TPSA) is 82.9 Å². The van der Waals surface area contributed by atoms with E-state index in [4.69, 9.17) is 4.74 Å². The van der Waals surface area contributed by atoms with Crippen LogP contribution in [0.15, 0.2) is 35.4 Å². The maximum Gasteiger partial charge on any atom is 0.227 e. The second kappa shape index (κ2) is 7.27. The summed E-state index contributed by atoms with van der Waals surface area (Å²) in [6, 6.07) is 8.78. The average Bonchev–Trinajstić information content (AvgIpc) is 2.60. The lowest BCUT2D eigenvalue weighted by Crippen LogP contribution is -2.37. The molecule has 0 spiro atoms. The summed E-state index contributed by atoms with van der Waals surface area (Å²) in [5.41, 5.74) is 5.61. The summed E-state index contributed by atoms with van der Waals surface area (Å²) in [5.74, 6) is 1.58. The number of anilines is 2. The fourth-order valence-corrected chi connectivity index (χ4v) is 2.42. The molecule has 2 aromatic rings. The van der Waals surface area contributed by atoms with Gasteiger partial charge in [-0.1, -0.05) is 0 Å². The lowest BCUT2D eigenvalue weighted by atomic mass is 10.1. The van der Waals surface area contributed by atoms with Crippen molar-refractivity contribution < 1.29 is 9.84 Å². The number of aromatic nitrogens is 2. The van der Waals surface area contributed by atoms with Crippen LogP contribution in [-0.4, -0.2) is 47.1 Å². The number of nitrogens with one attached hydrogen (secondary N) is 1. The van der Waals surface area contributed by atoms with Gasteiger partial charge >= 0.3 is 0 Å². The number of hydrogen-bond acceptors (Lipinski definition) is 7. The molecule has 0 radical (unpaired) electrons. The Labute approximate surface area is 141 Å². The van der Waals surface area contributed by atoms with Crippen molar-refractivity contribution in [1.29, 1.82) is 0 Å². The van der Waals surface area contributed by atoms with Gasteiger partial charge in [0, 0.05) is 24.8 Å². The maximum atomic E-state index is 9.35. The van der Waals surface area contributed by atoms with E-state index in [0.29, 0.717) is 25.0 Å². The Hall–Kier alpha value is -2.67. The van der Waals surface area contributed by atoms with Crippen molar-refractivity contribution in [2.24, 2.45) is 5.10 Å².